The lowest BCUT2D eigenvalue weighted by atomic mass is 9.84. The molecule has 0 saturated carbocycles. The molecule has 1 aromatic carbocycles. The van der Waals surface area contributed by atoms with Crippen LogP contribution in [0, 0.1) is 0 Å². The maximum Gasteiger partial charge on any atom is 0.322 e. The van der Waals surface area contributed by atoms with Gasteiger partial charge in [-0.1, -0.05) is 13.0 Å². The molecule has 0 aliphatic carbocycles. The van der Waals surface area contributed by atoms with Crippen LogP contribution >= 0.6 is 0 Å². The third-order valence-electron chi connectivity index (χ3n) is 5.68. The van der Waals surface area contributed by atoms with Crippen molar-refractivity contribution >= 4 is 6.03 Å². The van der Waals surface area contributed by atoms with Crippen LogP contribution in [0.25, 0.3) is 0 Å². The molecule has 25 heavy (non-hydrogen) atoms. The Morgan fingerprint density at radius 1 is 1.20 bits per heavy atom. The minimum Gasteiger partial charge on any atom is -0.497 e. The summed E-state index contributed by atoms with van der Waals surface area (Å²) in [6, 6.07) is 3.94. The zero-order chi connectivity index (χ0) is 17.6. The molecule has 0 bridgehead atoms. The van der Waals surface area contributed by atoms with Gasteiger partial charge in [0.05, 0.1) is 26.3 Å². The minimum atomic E-state index is -0.240. The van der Waals surface area contributed by atoms with Crippen molar-refractivity contribution in [1.29, 1.82) is 0 Å². The van der Waals surface area contributed by atoms with Gasteiger partial charge in [-0.15, -0.1) is 0 Å². The fourth-order valence-electron chi connectivity index (χ4n) is 4.43. The highest BCUT2D eigenvalue weighted by Gasteiger charge is 2.48. The predicted molar refractivity (Wildman–Crippen MR) is 95.0 cm³/mol. The van der Waals surface area contributed by atoms with Crippen LogP contribution in [-0.4, -0.2) is 43.8 Å². The standard InChI is InChI=1S/C19H25N3O3/c1-12-8-16-19(4-6-20-7-5-19)21-18(23)22(16)11-13-9-14(24-2)10-15(25-3)17(12)13/h8-10,12,20H,4-7,11H2,1-3H3,(H,21,23)/t12-/m0/s1. The number of fused-ring (bicyclic) bond motifs is 3. The van der Waals surface area contributed by atoms with Crippen LogP contribution in [0.4, 0.5) is 4.79 Å². The fraction of sp³-hybridized carbons (Fsp3) is 0.526. The molecule has 0 unspecified atom stereocenters. The van der Waals surface area contributed by atoms with Crippen LogP contribution in [0.15, 0.2) is 23.9 Å². The first-order chi connectivity index (χ1) is 12.1. The van der Waals surface area contributed by atoms with Crippen LogP contribution in [0.5, 0.6) is 11.5 Å². The van der Waals surface area contributed by atoms with E-state index in [4.69, 9.17) is 9.47 Å². The first kappa shape index (κ1) is 16.3. The van der Waals surface area contributed by atoms with Crippen molar-refractivity contribution in [3.8, 4) is 11.5 Å². The zero-order valence-corrected chi connectivity index (χ0v) is 15.0. The van der Waals surface area contributed by atoms with E-state index < -0.39 is 0 Å². The Morgan fingerprint density at radius 3 is 2.64 bits per heavy atom. The lowest BCUT2D eigenvalue weighted by Crippen LogP contribution is -2.50. The van der Waals surface area contributed by atoms with Gasteiger partial charge >= 0.3 is 6.03 Å². The van der Waals surface area contributed by atoms with Gasteiger partial charge in [0.15, 0.2) is 0 Å². The van der Waals surface area contributed by atoms with Crippen LogP contribution in [0.1, 0.15) is 36.8 Å². The highest BCUT2D eigenvalue weighted by Crippen LogP contribution is 2.44. The van der Waals surface area contributed by atoms with Gasteiger partial charge in [-0.05, 0) is 37.6 Å². The van der Waals surface area contributed by atoms with Crippen molar-refractivity contribution in [3.63, 3.8) is 0 Å². The molecule has 3 aliphatic rings. The van der Waals surface area contributed by atoms with Crippen LogP contribution in [0.3, 0.4) is 0 Å². The Kier molecular flexibility index (Phi) is 3.87. The molecule has 1 atom stereocenters. The highest BCUT2D eigenvalue weighted by molar-refractivity contribution is 5.82. The van der Waals surface area contributed by atoms with E-state index >= 15 is 0 Å². The van der Waals surface area contributed by atoms with Crippen LogP contribution in [0.2, 0.25) is 0 Å². The molecule has 3 heterocycles. The average molecular weight is 343 g/mol. The highest BCUT2D eigenvalue weighted by atomic mass is 16.5. The summed E-state index contributed by atoms with van der Waals surface area (Å²) in [5, 5.41) is 6.65. The number of carbonyl (C=O) groups is 1. The van der Waals surface area contributed by atoms with Gasteiger partial charge in [0.1, 0.15) is 11.5 Å². The number of nitrogens with one attached hydrogen (secondary N) is 2. The van der Waals surface area contributed by atoms with Crippen LogP contribution < -0.4 is 20.1 Å². The summed E-state index contributed by atoms with van der Waals surface area (Å²) in [6.07, 6.45) is 4.08. The molecular weight excluding hydrogens is 318 g/mol. The maximum atomic E-state index is 12.8. The normalized spacial score (nSPS) is 24.1. The van der Waals surface area contributed by atoms with Crippen LogP contribution in [-0.2, 0) is 6.54 Å². The van der Waals surface area contributed by atoms with Crippen molar-refractivity contribution in [1.82, 2.24) is 15.5 Å². The Morgan fingerprint density at radius 2 is 1.96 bits per heavy atom. The Bertz CT molecular complexity index is 738. The van der Waals surface area contributed by atoms with Crippen molar-refractivity contribution in [2.75, 3.05) is 27.3 Å². The molecule has 6 nitrogen and oxygen atoms in total. The van der Waals surface area contributed by atoms with E-state index in [0.29, 0.717) is 6.54 Å². The second-order valence-corrected chi connectivity index (χ2v) is 7.09. The molecule has 2 fully saturated rings. The third-order valence-corrected chi connectivity index (χ3v) is 5.68. The van der Waals surface area contributed by atoms with E-state index in [1.807, 2.05) is 17.0 Å². The summed E-state index contributed by atoms with van der Waals surface area (Å²) >= 11 is 0. The second-order valence-electron chi connectivity index (χ2n) is 7.09. The summed E-state index contributed by atoms with van der Waals surface area (Å²) in [6.45, 7) is 4.55. The van der Waals surface area contributed by atoms with Gasteiger partial charge in [0, 0.05) is 23.2 Å². The number of allylic oxidation sites excluding steroid dienone is 1. The van der Waals surface area contributed by atoms with E-state index in [9.17, 15) is 4.79 Å². The predicted octanol–water partition coefficient (Wildman–Crippen LogP) is 2.35. The smallest absolute Gasteiger partial charge is 0.322 e. The molecule has 0 radical (unpaired) electrons. The molecule has 1 aromatic rings. The monoisotopic (exact) mass is 343 g/mol. The lowest BCUT2D eigenvalue weighted by Gasteiger charge is -2.35. The number of rotatable bonds is 2. The average Bonchev–Trinajstić information content (AvgIpc) is 2.77. The second kappa shape index (κ2) is 5.95. The quantitative estimate of drug-likeness (QED) is 0.865. The third kappa shape index (κ3) is 2.47. The Labute approximate surface area is 148 Å². The molecule has 134 valence electrons. The number of nitrogens with zero attached hydrogens (tertiary/aromatic N) is 1. The van der Waals surface area contributed by atoms with E-state index in [2.05, 4.69) is 23.6 Å². The molecule has 1 spiro atoms. The van der Waals surface area contributed by atoms with E-state index in [-0.39, 0.29) is 17.5 Å². The van der Waals surface area contributed by atoms with Gasteiger partial charge in [0.25, 0.3) is 0 Å². The number of hydrogen-bond acceptors (Lipinski definition) is 4. The largest absolute Gasteiger partial charge is 0.497 e. The summed E-state index contributed by atoms with van der Waals surface area (Å²) < 4.78 is 11.1. The first-order valence-electron chi connectivity index (χ1n) is 8.85. The van der Waals surface area contributed by atoms with Crippen molar-refractivity contribution in [3.05, 3.63) is 35.0 Å². The summed E-state index contributed by atoms with van der Waals surface area (Å²) in [4.78, 5) is 14.6. The molecule has 2 amide bonds. The first-order valence-corrected chi connectivity index (χ1v) is 8.85. The topological polar surface area (TPSA) is 62.8 Å². The fourth-order valence-corrected chi connectivity index (χ4v) is 4.43. The number of piperidine rings is 1. The number of hydrogen-bond donors (Lipinski definition) is 2. The molecule has 2 N–H and O–H groups in total. The van der Waals surface area contributed by atoms with Gasteiger partial charge < -0.3 is 20.1 Å². The van der Waals surface area contributed by atoms with E-state index in [1.54, 1.807) is 14.2 Å². The summed E-state index contributed by atoms with van der Waals surface area (Å²) in [7, 11) is 3.33. The molecule has 3 aliphatic heterocycles. The Hall–Kier alpha value is -2.21. The van der Waals surface area contributed by atoms with Gasteiger partial charge in [-0.25, -0.2) is 4.79 Å². The molecule has 0 aromatic heterocycles. The van der Waals surface area contributed by atoms with Gasteiger partial charge in [-0.3, -0.25) is 4.90 Å². The lowest BCUT2D eigenvalue weighted by molar-refractivity contribution is 0.220. The number of methoxy groups -OCH3 is 2. The number of benzene rings is 1. The summed E-state index contributed by atoms with van der Waals surface area (Å²) in [5.74, 6) is 1.73. The number of amides is 2. The Balaban J connectivity index is 1.82. The zero-order valence-electron chi connectivity index (χ0n) is 15.0. The summed E-state index contributed by atoms with van der Waals surface area (Å²) in [5.41, 5.74) is 3.09. The van der Waals surface area contributed by atoms with Crippen molar-refractivity contribution in [2.24, 2.45) is 0 Å². The SMILES string of the molecule is COc1cc2c(c(OC)c1)[C@@H](C)C=C1N(C2)C(=O)NC12CCNCC2. The molecule has 6 heteroatoms. The molecule has 4 rings (SSSR count). The van der Waals surface area contributed by atoms with Crippen molar-refractivity contribution < 1.29 is 14.3 Å². The number of ether oxygens (including phenoxy) is 2. The van der Waals surface area contributed by atoms with Gasteiger partial charge in [-0.2, -0.15) is 0 Å². The number of carbonyl (C=O) groups excluding carboxylic acids is 1. The van der Waals surface area contributed by atoms with E-state index in [1.165, 1.54) is 0 Å². The number of urea groups is 1. The van der Waals surface area contributed by atoms with E-state index in [0.717, 1.165) is 54.3 Å². The molecule has 2 saturated heterocycles. The van der Waals surface area contributed by atoms with Crippen molar-refractivity contribution in [2.45, 2.75) is 37.8 Å². The molecular formula is C19H25N3O3. The van der Waals surface area contributed by atoms with Gasteiger partial charge in [0.2, 0.25) is 0 Å². The minimum absolute atomic E-state index is 0.00464. The maximum absolute atomic E-state index is 12.8.